The van der Waals surface area contributed by atoms with E-state index in [1.54, 1.807) is 0 Å². The Labute approximate surface area is 128 Å². The van der Waals surface area contributed by atoms with Crippen LogP contribution in [-0.2, 0) is 14.9 Å². The van der Waals surface area contributed by atoms with Crippen LogP contribution in [0.4, 0.5) is 0 Å². The lowest BCUT2D eigenvalue weighted by molar-refractivity contribution is -0.172. The third kappa shape index (κ3) is 2.53. The van der Waals surface area contributed by atoms with Crippen LogP contribution in [0.3, 0.4) is 0 Å². The molecule has 2 saturated heterocycles. The number of benzene rings is 1. The Morgan fingerprint density at radius 2 is 1.86 bits per heavy atom. The van der Waals surface area contributed by atoms with Gasteiger partial charge in [0.25, 0.3) is 0 Å². The minimum atomic E-state index is 0.134. The van der Waals surface area contributed by atoms with E-state index in [1.165, 1.54) is 16.7 Å². The highest BCUT2D eigenvalue weighted by atomic mass is 16.5. The van der Waals surface area contributed by atoms with Crippen molar-refractivity contribution < 1.29 is 9.47 Å². The van der Waals surface area contributed by atoms with Crippen LogP contribution in [-0.4, -0.2) is 13.2 Å². The summed E-state index contributed by atoms with van der Waals surface area (Å²) < 4.78 is 11.7. The number of rotatable bonds is 2. The standard InChI is InChI=1S/C19H28O2/c1-12-10-20-16(12)13-7-8-15(18(2,3)4)14(9-13)17-19(5,6)11-21-17/h7-9,12,16-17H,10-11H2,1-6H3. The topological polar surface area (TPSA) is 18.5 Å². The molecule has 0 aromatic heterocycles. The Balaban J connectivity index is 2.02. The van der Waals surface area contributed by atoms with Crippen molar-refractivity contribution in [2.24, 2.45) is 11.3 Å². The van der Waals surface area contributed by atoms with Gasteiger partial charge in [-0.2, -0.15) is 0 Å². The zero-order valence-corrected chi connectivity index (χ0v) is 14.2. The van der Waals surface area contributed by atoms with Crippen LogP contribution >= 0.6 is 0 Å². The van der Waals surface area contributed by atoms with Crippen LogP contribution in [0.5, 0.6) is 0 Å². The van der Waals surface area contributed by atoms with E-state index in [0.717, 1.165) is 13.2 Å². The maximum absolute atomic E-state index is 5.94. The fourth-order valence-electron chi connectivity index (χ4n) is 3.48. The summed E-state index contributed by atoms with van der Waals surface area (Å²) in [6.45, 7) is 15.4. The second-order valence-electron chi connectivity index (χ2n) is 8.51. The van der Waals surface area contributed by atoms with Crippen molar-refractivity contribution in [3.8, 4) is 0 Å². The van der Waals surface area contributed by atoms with Gasteiger partial charge in [-0.1, -0.05) is 59.7 Å². The lowest BCUT2D eigenvalue weighted by Crippen LogP contribution is -2.41. The maximum Gasteiger partial charge on any atom is 0.0901 e. The van der Waals surface area contributed by atoms with Crippen molar-refractivity contribution in [1.29, 1.82) is 0 Å². The van der Waals surface area contributed by atoms with Gasteiger partial charge < -0.3 is 9.47 Å². The van der Waals surface area contributed by atoms with Gasteiger partial charge in [0.15, 0.2) is 0 Å². The van der Waals surface area contributed by atoms with Crippen molar-refractivity contribution in [3.05, 3.63) is 34.9 Å². The Kier molecular flexibility index (Phi) is 3.46. The maximum atomic E-state index is 5.94. The van der Waals surface area contributed by atoms with Crippen LogP contribution in [0.1, 0.15) is 70.4 Å². The minimum absolute atomic E-state index is 0.134. The van der Waals surface area contributed by atoms with Gasteiger partial charge in [-0.05, 0) is 22.1 Å². The van der Waals surface area contributed by atoms with Crippen molar-refractivity contribution in [2.75, 3.05) is 13.2 Å². The number of ether oxygens (including phenoxy) is 2. The molecule has 0 bridgehead atoms. The quantitative estimate of drug-likeness (QED) is 0.779. The summed E-state index contributed by atoms with van der Waals surface area (Å²) in [5.74, 6) is 0.619. The second-order valence-corrected chi connectivity index (χ2v) is 8.51. The molecule has 0 amide bonds. The first-order valence-corrected chi connectivity index (χ1v) is 8.08. The summed E-state index contributed by atoms with van der Waals surface area (Å²) in [7, 11) is 0. The molecule has 2 nitrogen and oxygen atoms in total. The van der Waals surface area contributed by atoms with Crippen LogP contribution in [0.25, 0.3) is 0 Å². The van der Waals surface area contributed by atoms with E-state index in [-0.39, 0.29) is 23.0 Å². The van der Waals surface area contributed by atoms with Gasteiger partial charge in [-0.15, -0.1) is 0 Å². The van der Waals surface area contributed by atoms with E-state index in [9.17, 15) is 0 Å². The molecule has 2 fully saturated rings. The summed E-state index contributed by atoms with van der Waals surface area (Å²) in [4.78, 5) is 0. The van der Waals surface area contributed by atoms with E-state index in [0.29, 0.717) is 5.92 Å². The van der Waals surface area contributed by atoms with E-state index >= 15 is 0 Å². The lowest BCUT2D eigenvalue weighted by Gasteiger charge is -2.46. The Bertz CT molecular complexity index is 539. The van der Waals surface area contributed by atoms with Gasteiger partial charge in [-0.3, -0.25) is 0 Å². The molecule has 0 spiro atoms. The highest BCUT2D eigenvalue weighted by Gasteiger charge is 2.43. The Morgan fingerprint density at radius 3 is 2.24 bits per heavy atom. The molecule has 2 heterocycles. The van der Waals surface area contributed by atoms with E-state index in [4.69, 9.17) is 9.47 Å². The van der Waals surface area contributed by atoms with Crippen molar-refractivity contribution in [3.63, 3.8) is 0 Å². The first kappa shape index (κ1) is 15.1. The van der Waals surface area contributed by atoms with Crippen LogP contribution in [0, 0.1) is 11.3 Å². The summed E-state index contributed by atoms with van der Waals surface area (Å²) >= 11 is 0. The number of hydrogen-bond donors (Lipinski definition) is 0. The van der Waals surface area contributed by atoms with Crippen LogP contribution in [0.2, 0.25) is 0 Å². The van der Waals surface area contributed by atoms with Crippen molar-refractivity contribution >= 4 is 0 Å². The third-order valence-corrected chi connectivity index (χ3v) is 4.88. The third-order valence-electron chi connectivity index (χ3n) is 4.88. The van der Waals surface area contributed by atoms with E-state index in [2.05, 4.69) is 59.7 Å². The fraction of sp³-hybridized carbons (Fsp3) is 0.684. The normalized spacial score (nSPS) is 31.4. The van der Waals surface area contributed by atoms with E-state index < -0.39 is 0 Å². The molecule has 3 unspecified atom stereocenters. The van der Waals surface area contributed by atoms with Gasteiger partial charge in [0.05, 0.1) is 25.4 Å². The van der Waals surface area contributed by atoms with Crippen molar-refractivity contribution in [1.82, 2.24) is 0 Å². The number of hydrogen-bond acceptors (Lipinski definition) is 2. The SMILES string of the molecule is CC1COC1c1ccc(C(C)(C)C)c(C2OCC2(C)C)c1. The summed E-state index contributed by atoms with van der Waals surface area (Å²) in [5.41, 5.74) is 4.43. The Hall–Kier alpha value is -0.860. The molecule has 2 aliphatic rings. The van der Waals surface area contributed by atoms with Gasteiger partial charge in [0.2, 0.25) is 0 Å². The molecule has 1 aromatic carbocycles. The Morgan fingerprint density at radius 1 is 1.14 bits per heavy atom. The predicted octanol–water partition coefficient (Wildman–Crippen LogP) is 4.79. The summed E-state index contributed by atoms with van der Waals surface area (Å²) in [6, 6.07) is 6.87. The highest BCUT2D eigenvalue weighted by molar-refractivity contribution is 5.41. The molecular formula is C19H28O2. The largest absolute Gasteiger partial charge is 0.373 e. The molecule has 116 valence electrons. The van der Waals surface area contributed by atoms with E-state index in [1.807, 2.05) is 0 Å². The van der Waals surface area contributed by atoms with Gasteiger partial charge in [0, 0.05) is 11.3 Å². The summed E-state index contributed by atoms with van der Waals surface area (Å²) in [5, 5.41) is 0. The van der Waals surface area contributed by atoms with Crippen molar-refractivity contribution in [2.45, 2.75) is 59.2 Å². The first-order chi connectivity index (χ1) is 9.70. The molecule has 3 rings (SSSR count). The lowest BCUT2D eigenvalue weighted by atomic mass is 9.72. The molecule has 3 atom stereocenters. The highest BCUT2D eigenvalue weighted by Crippen LogP contribution is 2.49. The van der Waals surface area contributed by atoms with Gasteiger partial charge in [0.1, 0.15) is 0 Å². The zero-order valence-electron chi connectivity index (χ0n) is 14.2. The van der Waals surface area contributed by atoms with Gasteiger partial charge in [-0.25, -0.2) is 0 Å². The molecule has 0 aliphatic carbocycles. The second kappa shape index (κ2) is 4.82. The first-order valence-electron chi connectivity index (χ1n) is 8.08. The average molecular weight is 288 g/mol. The molecule has 1 aromatic rings. The molecule has 0 radical (unpaired) electrons. The molecule has 0 saturated carbocycles. The molecule has 2 aliphatic heterocycles. The minimum Gasteiger partial charge on any atom is -0.373 e. The smallest absolute Gasteiger partial charge is 0.0901 e. The van der Waals surface area contributed by atoms with Crippen LogP contribution < -0.4 is 0 Å². The summed E-state index contributed by atoms with van der Waals surface area (Å²) in [6.07, 6.45) is 0.475. The molecule has 0 N–H and O–H groups in total. The molecular weight excluding hydrogens is 260 g/mol. The predicted molar refractivity (Wildman–Crippen MR) is 85.5 cm³/mol. The zero-order chi connectivity index (χ0) is 15.4. The van der Waals surface area contributed by atoms with Crippen LogP contribution in [0.15, 0.2) is 18.2 Å². The molecule has 2 heteroatoms. The monoisotopic (exact) mass is 288 g/mol. The molecule has 21 heavy (non-hydrogen) atoms. The van der Waals surface area contributed by atoms with Gasteiger partial charge >= 0.3 is 0 Å². The average Bonchev–Trinajstić information content (AvgIpc) is 2.34. The fourth-order valence-corrected chi connectivity index (χ4v) is 3.48.